The average molecular weight is 176 g/mol. The van der Waals surface area contributed by atoms with E-state index in [1.54, 1.807) is 6.20 Å². The molecular formula is C9H12N4. The van der Waals surface area contributed by atoms with E-state index in [1.165, 1.54) is 5.69 Å². The van der Waals surface area contributed by atoms with Crippen LogP contribution in [0.15, 0.2) is 30.7 Å². The molecule has 0 radical (unpaired) electrons. The Hall–Kier alpha value is -1.58. The van der Waals surface area contributed by atoms with Crippen LogP contribution in [0.3, 0.4) is 0 Å². The number of nitrogens with zero attached hydrogens (tertiary/aromatic N) is 4. The summed E-state index contributed by atoms with van der Waals surface area (Å²) in [7, 11) is 1.96. The third-order valence-corrected chi connectivity index (χ3v) is 2.08. The molecule has 0 amide bonds. The van der Waals surface area contributed by atoms with Crippen molar-refractivity contribution in [1.29, 1.82) is 0 Å². The first-order valence-electron chi connectivity index (χ1n) is 4.30. The van der Waals surface area contributed by atoms with Gasteiger partial charge in [0.05, 0.1) is 0 Å². The molecule has 0 aromatic carbocycles. The van der Waals surface area contributed by atoms with Gasteiger partial charge in [0.1, 0.15) is 0 Å². The maximum atomic E-state index is 4.13. The lowest BCUT2D eigenvalue weighted by Gasteiger charge is -2.01. The van der Waals surface area contributed by atoms with Crippen molar-refractivity contribution in [2.24, 2.45) is 7.05 Å². The summed E-state index contributed by atoms with van der Waals surface area (Å²) in [6, 6.07) is 3.97. The van der Waals surface area contributed by atoms with Gasteiger partial charge in [-0.15, -0.1) is 0 Å². The van der Waals surface area contributed by atoms with E-state index in [-0.39, 0.29) is 0 Å². The van der Waals surface area contributed by atoms with E-state index in [4.69, 9.17) is 0 Å². The van der Waals surface area contributed by atoms with Crippen molar-refractivity contribution in [3.8, 4) is 0 Å². The topological polar surface area (TPSA) is 35.6 Å². The molecule has 0 bridgehead atoms. The van der Waals surface area contributed by atoms with E-state index in [9.17, 15) is 0 Å². The van der Waals surface area contributed by atoms with E-state index in [0.717, 1.165) is 13.0 Å². The van der Waals surface area contributed by atoms with Crippen molar-refractivity contribution in [2.75, 3.05) is 0 Å². The molecule has 0 aliphatic carbocycles. The van der Waals surface area contributed by atoms with Crippen LogP contribution in [-0.2, 0) is 20.0 Å². The van der Waals surface area contributed by atoms with Gasteiger partial charge in [-0.25, -0.2) is 0 Å². The molecule has 0 N–H and O–H groups in total. The molecule has 0 fully saturated rings. The lowest BCUT2D eigenvalue weighted by Crippen LogP contribution is -2.05. The molecule has 0 aliphatic heterocycles. The number of rotatable bonds is 3. The zero-order chi connectivity index (χ0) is 9.10. The molecule has 4 nitrogen and oxygen atoms in total. The summed E-state index contributed by atoms with van der Waals surface area (Å²) < 4.78 is 3.82. The van der Waals surface area contributed by atoms with Gasteiger partial charge in [0.2, 0.25) is 0 Å². The second kappa shape index (κ2) is 3.43. The fraction of sp³-hybridized carbons (Fsp3) is 0.333. The Morgan fingerprint density at radius 1 is 1.31 bits per heavy atom. The molecule has 0 spiro atoms. The summed E-state index contributed by atoms with van der Waals surface area (Å²) in [5.41, 5.74) is 1.23. The first-order chi connectivity index (χ1) is 6.36. The number of aromatic nitrogens is 4. The first-order valence-corrected chi connectivity index (χ1v) is 4.30. The Labute approximate surface area is 76.8 Å². The van der Waals surface area contributed by atoms with Crippen molar-refractivity contribution in [2.45, 2.75) is 13.0 Å². The highest BCUT2D eigenvalue weighted by atomic mass is 15.3. The Morgan fingerprint density at radius 3 is 2.85 bits per heavy atom. The number of hydrogen-bond acceptors (Lipinski definition) is 2. The van der Waals surface area contributed by atoms with Gasteiger partial charge in [-0.3, -0.25) is 9.36 Å². The minimum absolute atomic E-state index is 0.909. The molecule has 2 heterocycles. The van der Waals surface area contributed by atoms with Gasteiger partial charge in [0.15, 0.2) is 0 Å². The highest BCUT2D eigenvalue weighted by Crippen LogP contribution is 1.99. The van der Waals surface area contributed by atoms with Crippen molar-refractivity contribution >= 4 is 0 Å². The molecule has 0 saturated heterocycles. The van der Waals surface area contributed by atoms with Gasteiger partial charge in [-0.2, -0.15) is 10.2 Å². The fourth-order valence-electron chi connectivity index (χ4n) is 1.31. The molecule has 2 aromatic heterocycles. The van der Waals surface area contributed by atoms with Gasteiger partial charge < -0.3 is 0 Å². The van der Waals surface area contributed by atoms with Crippen molar-refractivity contribution in [1.82, 2.24) is 19.6 Å². The van der Waals surface area contributed by atoms with Crippen LogP contribution in [0.1, 0.15) is 5.69 Å². The van der Waals surface area contributed by atoms with Crippen LogP contribution in [0.5, 0.6) is 0 Å². The Bertz CT molecular complexity index is 361. The summed E-state index contributed by atoms with van der Waals surface area (Å²) in [5.74, 6) is 0. The van der Waals surface area contributed by atoms with E-state index in [2.05, 4.69) is 10.2 Å². The Morgan fingerprint density at radius 2 is 2.23 bits per heavy atom. The molecule has 2 aromatic rings. The normalized spacial score (nSPS) is 10.5. The van der Waals surface area contributed by atoms with Crippen LogP contribution in [0.4, 0.5) is 0 Å². The molecule has 13 heavy (non-hydrogen) atoms. The van der Waals surface area contributed by atoms with Gasteiger partial charge >= 0.3 is 0 Å². The second-order valence-corrected chi connectivity index (χ2v) is 2.97. The average Bonchev–Trinajstić information content (AvgIpc) is 2.72. The van der Waals surface area contributed by atoms with Crippen LogP contribution in [-0.4, -0.2) is 19.6 Å². The first kappa shape index (κ1) is 8.04. The van der Waals surface area contributed by atoms with Gasteiger partial charge in [0.25, 0.3) is 0 Å². The summed E-state index contributed by atoms with van der Waals surface area (Å²) in [6.45, 7) is 0.909. The maximum absolute atomic E-state index is 4.13. The van der Waals surface area contributed by atoms with E-state index in [0.29, 0.717) is 0 Å². The van der Waals surface area contributed by atoms with Crippen molar-refractivity contribution in [3.63, 3.8) is 0 Å². The summed E-state index contributed by atoms with van der Waals surface area (Å²) in [5, 5.41) is 8.24. The lowest BCUT2D eigenvalue weighted by atomic mass is 10.3. The van der Waals surface area contributed by atoms with Crippen LogP contribution >= 0.6 is 0 Å². The third-order valence-electron chi connectivity index (χ3n) is 2.08. The SMILES string of the molecule is Cn1nccc1CCn1cccn1. The number of hydrogen-bond donors (Lipinski definition) is 0. The smallest absolute Gasteiger partial charge is 0.0492 e. The third kappa shape index (κ3) is 1.77. The lowest BCUT2D eigenvalue weighted by molar-refractivity contribution is 0.586. The second-order valence-electron chi connectivity index (χ2n) is 2.97. The Kier molecular flexibility index (Phi) is 2.12. The molecular weight excluding hydrogens is 164 g/mol. The highest BCUT2D eigenvalue weighted by molar-refractivity contribution is 4.99. The van der Waals surface area contributed by atoms with Gasteiger partial charge in [0, 0.05) is 44.3 Å². The molecule has 0 atom stereocenters. The highest BCUT2D eigenvalue weighted by Gasteiger charge is 1.98. The summed E-state index contributed by atoms with van der Waals surface area (Å²) in [6.07, 6.45) is 6.55. The standard InChI is InChI=1S/C9H12N4/c1-12-9(3-6-10-12)4-8-13-7-2-5-11-13/h2-3,5-7H,4,8H2,1H3. The minimum atomic E-state index is 0.909. The molecule has 0 aliphatic rings. The van der Waals surface area contributed by atoms with Crippen LogP contribution in [0, 0.1) is 0 Å². The quantitative estimate of drug-likeness (QED) is 0.695. The number of aryl methyl sites for hydroxylation is 3. The predicted octanol–water partition coefficient (Wildman–Crippen LogP) is 0.859. The van der Waals surface area contributed by atoms with E-state index < -0.39 is 0 Å². The molecule has 0 saturated carbocycles. The van der Waals surface area contributed by atoms with Crippen molar-refractivity contribution < 1.29 is 0 Å². The van der Waals surface area contributed by atoms with E-state index >= 15 is 0 Å². The zero-order valence-corrected chi connectivity index (χ0v) is 7.59. The largest absolute Gasteiger partial charge is 0.273 e. The summed E-state index contributed by atoms with van der Waals surface area (Å²) in [4.78, 5) is 0. The maximum Gasteiger partial charge on any atom is 0.0492 e. The minimum Gasteiger partial charge on any atom is -0.273 e. The molecule has 4 heteroatoms. The Balaban J connectivity index is 1.97. The van der Waals surface area contributed by atoms with Gasteiger partial charge in [-0.1, -0.05) is 0 Å². The molecule has 2 rings (SSSR count). The summed E-state index contributed by atoms with van der Waals surface area (Å²) >= 11 is 0. The molecule has 68 valence electrons. The zero-order valence-electron chi connectivity index (χ0n) is 7.59. The van der Waals surface area contributed by atoms with Crippen LogP contribution < -0.4 is 0 Å². The van der Waals surface area contributed by atoms with E-state index in [1.807, 2.05) is 40.9 Å². The van der Waals surface area contributed by atoms with Crippen molar-refractivity contribution in [3.05, 3.63) is 36.4 Å². The monoisotopic (exact) mass is 176 g/mol. The van der Waals surface area contributed by atoms with Gasteiger partial charge in [-0.05, 0) is 12.1 Å². The van der Waals surface area contributed by atoms with Crippen LogP contribution in [0.2, 0.25) is 0 Å². The molecule has 0 unspecified atom stereocenters. The predicted molar refractivity (Wildman–Crippen MR) is 49.1 cm³/mol. The van der Waals surface area contributed by atoms with Crippen LogP contribution in [0.25, 0.3) is 0 Å². The fourth-order valence-corrected chi connectivity index (χ4v) is 1.31.